The minimum Gasteiger partial charge on any atom is -0.496 e. The molecule has 0 saturated carbocycles. The lowest BCUT2D eigenvalue weighted by molar-refractivity contribution is 0.412. The number of aromatic nitrogens is 1. The van der Waals surface area contributed by atoms with Gasteiger partial charge in [0.25, 0.3) is 0 Å². The van der Waals surface area contributed by atoms with Crippen molar-refractivity contribution < 1.29 is 4.74 Å². The highest BCUT2D eigenvalue weighted by molar-refractivity contribution is 9.10. The van der Waals surface area contributed by atoms with Crippen molar-refractivity contribution in [2.75, 3.05) is 12.8 Å². The van der Waals surface area contributed by atoms with E-state index in [9.17, 15) is 0 Å². The van der Waals surface area contributed by atoms with Gasteiger partial charge in [-0.3, -0.25) is 0 Å². The van der Waals surface area contributed by atoms with E-state index in [1.807, 2.05) is 30.3 Å². The summed E-state index contributed by atoms with van der Waals surface area (Å²) in [5.74, 6) is 1.32. The average Bonchev–Trinajstić information content (AvgIpc) is 2.41. The minimum atomic E-state index is -0.131. The van der Waals surface area contributed by atoms with Gasteiger partial charge in [-0.1, -0.05) is 12.1 Å². The molecule has 1 atom stereocenters. The fourth-order valence-electron chi connectivity index (χ4n) is 1.89. The normalized spacial score (nSPS) is 12.2. The lowest BCUT2D eigenvalue weighted by Crippen LogP contribution is -2.14. The fourth-order valence-corrected chi connectivity index (χ4v) is 2.45. The summed E-state index contributed by atoms with van der Waals surface area (Å²) in [6.45, 7) is 0. The van der Waals surface area contributed by atoms with E-state index in [1.165, 1.54) is 0 Å². The predicted molar refractivity (Wildman–Crippen MR) is 80.0 cm³/mol. The quantitative estimate of drug-likeness (QED) is 0.907. The maximum absolute atomic E-state index is 6.21. The highest BCUT2D eigenvalue weighted by Gasteiger charge is 2.11. The monoisotopic (exact) mass is 321 g/mol. The number of nitrogens with zero attached hydrogens (tertiary/aromatic N) is 1. The number of nitrogens with two attached hydrogens (primary N) is 2. The lowest BCUT2D eigenvalue weighted by atomic mass is 10.00. The van der Waals surface area contributed by atoms with E-state index in [4.69, 9.17) is 16.2 Å². The third kappa shape index (κ3) is 3.24. The van der Waals surface area contributed by atoms with Gasteiger partial charge in [0.15, 0.2) is 0 Å². The van der Waals surface area contributed by atoms with Crippen LogP contribution >= 0.6 is 15.9 Å². The molecule has 0 aliphatic heterocycles. The number of benzene rings is 1. The van der Waals surface area contributed by atoms with E-state index in [-0.39, 0.29) is 6.04 Å². The van der Waals surface area contributed by atoms with Crippen molar-refractivity contribution in [3.63, 3.8) is 0 Å². The molecule has 0 aliphatic carbocycles. The van der Waals surface area contributed by atoms with Gasteiger partial charge in [-0.15, -0.1) is 0 Å². The van der Waals surface area contributed by atoms with Crippen LogP contribution < -0.4 is 16.2 Å². The zero-order valence-corrected chi connectivity index (χ0v) is 12.2. The molecule has 0 bridgehead atoms. The third-order valence-corrected chi connectivity index (χ3v) is 3.59. The number of hydrogen-bond donors (Lipinski definition) is 2. The zero-order chi connectivity index (χ0) is 13.8. The van der Waals surface area contributed by atoms with E-state index in [1.54, 1.807) is 13.3 Å². The molecule has 1 unspecified atom stereocenters. The van der Waals surface area contributed by atoms with Gasteiger partial charge in [-0.05, 0) is 51.7 Å². The van der Waals surface area contributed by atoms with Crippen molar-refractivity contribution in [3.8, 4) is 5.75 Å². The second-order valence-corrected chi connectivity index (χ2v) is 5.11. The largest absolute Gasteiger partial charge is 0.496 e. The Balaban J connectivity index is 2.18. The molecule has 0 aliphatic rings. The van der Waals surface area contributed by atoms with E-state index < -0.39 is 0 Å². The first-order chi connectivity index (χ1) is 9.11. The summed E-state index contributed by atoms with van der Waals surface area (Å²) < 4.78 is 6.09. The number of halogens is 1. The van der Waals surface area contributed by atoms with Gasteiger partial charge in [0.2, 0.25) is 0 Å². The van der Waals surface area contributed by atoms with E-state index in [2.05, 4.69) is 20.9 Å². The first-order valence-electron chi connectivity index (χ1n) is 5.90. The SMILES string of the molecule is COc1ccc(C(N)Cc2cccnc2N)cc1Br. The van der Waals surface area contributed by atoms with Crippen LogP contribution in [0.2, 0.25) is 0 Å². The molecule has 0 radical (unpaired) electrons. The molecule has 1 aromatic heterocycles. The summed E-state index contributed by atoms with van der Waals surface area (Å²) in [4.78, 5) is 4.06. The maximum Gasteiger partial charge on any atom is 0.133 e. The first-order valence-corrected chi connectivity index (χ1v) is 6.69. The van der Waals surface area contributed by atoms with Gasteiger partial charge < -0.3 is 16.2 Å². The molecule has 0 amide bonds. The number of nitrogen functional groups attached to an aromatic ring is 1. The minimum absolute atomic E-state index is 0.131. The van der Waals surface area contributed by atoms with Gasteiger partial charge in [-0.25, -0.2) is 4.98 Å². The molecule has 5 heteroatoms. The molecule has 0 spiro atoms. The summed E-state index contributed by atoms with van der Waals surface area (Å²) in [5, 5.41) is 0. The summed E-state index contributed by atoms with van der Waals surface area (Å²) in [7, 11) is 1.63. The Kier molecular flexibility index (Phi) is 4.39. The second-order valence-electron chi connectivity index (χ2n) is 4.25. The number of ether oxygens (including phenoxy) is 1. The van der Waals surface area contributed by atoms with Crippen LogP contribution in [0.1, 0.15) is 17.2 Å². The van der Waals surface area contributed by atoms with Crippen LogP contribution in [-0.2, 0) is 6.42 Å². The average molecular weight is 322 g/mol. The van der Waals surface area contributed by atoms with Gasteiger partial charge in [0, 0.05) is 12.2 Å². The van der Waals surface area contributed by atoms with Gasteiger partial charge in [0.1, 0.15) is 11.6 Å². The zero-order valence-electron chi connectivity index (χ0n) is 10.6. The number of pyridine rings is 1. The Hall–Kier alpha value is -1.59. The number of methoxy groups -OCH3 is 1. The molecule has 4 nitrogen and oxygen atoms in total. The lowest BCUT2D eigenvalue weighted by Gasteiger charge is -2.14. The number of rotatable bonds is 4. The maximum atomic E-state index is 6.21. The molecule has 4 N–H and O–H groups in total. The van der Waals surface area contributed by atoms with Crippen LogP contribution in [-0.4, -0.2) is 12.1 Å². The molecular weight excluding hydrogens is 306 g/mol. The van der Waals surface area contributed by atoms with Crippen molar-refractivity contribution >= 4 is 21.7 Å². The summed E-state index contributed by atoms with van der Waals surface area (Å²) in [6, 6.07) is 9.50. The highest BCUT2D eigenvalue weighted by atomic mass is 79.9. The topological polar surface area (TPSA) is 74.2 Å². The summed E-state index contributed by atoms with van der Waals surface area (Å²) >= 11 is 3.46. The van der Waals surface area contributed by atoms with Crippen LogP contribution in [0.15, 0.2) is 41.0 Å². The van der Waals surface area contributed by atoms with Crippen molar-refractivity contribution in [1.29, 1.82) is 0 Å². The van der Waals surface area contributed by atoms with E-state index >= 15 is 0 Å². The second kappa shape index (κ2) is 6.04. The molecule has 0 fully saturated rings. The Morgan fingerprint density at radius 2 is 2.16 bits per heavy atom. The van der Waals surface area contributed by atoms with Crippen LogP contribution in [0.4, 0.5) is 5.82 Å². The number of anilines is 1. The molecule has 100 valence electrons. The standard InChI is InChI=1S/C14H16BrN3O/c1-19-13-5-4-9(7-11(13)15)12(16)8-10-3-2-6-18-14(10)17/h2-7,12H,8,16H2,1H3,(H2,17,18). The molecule has 1 heterocycles. The molecular formula is C14H16BrN3O. The van der Waals surface area contributed by atoms with Crippen molar-refractivity contribution in [2.45, 2.75) is 12.5 Å². The molecule has 2 aromatic rings. The summed E-state index contributed by atoms with van der Waals surface area (Å²) in [5.41, 5.74) is 14.0. The van der Waals surface area contributed by atoms with E-state index in [0.29, 0.717) is 12.2 Å². The van der Waals surface area contributed by atoms with Crippen molar-refractivity contribution in [2.24, 2.45) is 5.73 Å². The van der Waals surface area contributed by atoms with Crippen molar-refractivity contribution in [1.82, 2.24) is 4.98 Å². The Morgan fingerprint density at radius 3 is 2.79 bits per heavy atom. The highest BCUT2D eigenvalue weighted by Crippen LogP contribution is 2.28. The van der Waals surface area contributed by atoms with Gasteiger partial charge in [0.05, 0.1) is 11.6 Å². The third-order valence-electron chi connectivity index (χ3n) is 2.97. The Morgan fingerprint density at radius 1 is 1.37 bits per heavy atom. The van der Waals surface area contributed by atoms with Crippen LogP contribution in [0.3, 0.4) is 0 Å². The predicted octanol–water partition coefficient (Wildman–Crippen LogP) is 2.68. The van der Waals surface area contributed by atoms with Crippen LogP contribution in [0.5, 0.6) is 5.75 Å². The Labute approximate surface area is 120 Å². The summed E-state index contributed by atoms with van der Waals surface area (Å²) in [6.07, 6.45) is 2.33. The molecule has 0 saturated heterocycles. The van der Waals surface area contributed by atoms with Crippen LogP contribution in [0.25, 0.3) is 0 Å². The molecule has 19 heavy (non-hydrogen) atoms. The van der Waals surface area contributed by atoms with Gasteiger partial charge >= 0.3 is 0 Å². The smallest absolute Gasteiger partial charge is 0.133 e. The van der Waals surface area contributed by atoms with Crippen molar-refractivity contribution in [3.05, 3.63) is 52.1 Å². The molecule has 1 aromatic carbocycles. The number of hydrogen-bond acceptors (Lipinski definition) is 4. The first kappa shape index (κ1) is 13.8. The van der Waals surface area contributed by atoms with Crippen LogP contribution in [0, 0.1) is 0 Å². The fraction of sp³-hybridized carbons (Fsp3) is 0.214. The van der Waals surface area contributed by atoms with E-state index in [0.717, 1.165) is 21.3 Å². The molecule has 2 rings (SSSR count). The Bertz CT molecular complexity index is 574. The van der Waals surface area contributed by atoms with Gasteiger partial charge in [-0.2, -0.15) is 0 Å².